The lowest BCUT2D eigenvalue weighted by Crippen LogP contribution is -2.49. The molecular weight excluding hydrogens is 346 g/mol. The number of hydrogen-bond acceptors (Lipinski definition) is 3. The molecule has 0 radical (unpaired) electrons. The third kappa shape index (κ3) is 3.50. The Morgan fingerprint density at radius 3 is 2.82 bits per heavy atom. The maximum atomic E-state index is 5.56. The van der Waals surface area contributed by atoms with Gasteiger partial charge in [0.05, 0.1) is 7.11 Å². The average Bonchev–Trinajstić information content (AvgIpc) is 3.07. The van der Waals surface area contributed by atoms with Crippen LogP contribution in [0.4, 0.5) is 0 Å². The van der Waals surface area contributed by atoms with Crippen LogP contribution in [0.1, 0.15) is 69.4 Å². The van der Waals surface area contributed by atoms with Crippen LogP contribution in [-0.2, 0) is 11.2 Å². The van der Waals surface area contributed by atoms with E-state index in [1.54, 1.807) is 18.2 Å². The SMILES string of the molecule is CCOCCCN(C)[C@H]1CC[C@H]2[C@@H]3CCc4cc(OC)ccc4[C@H]3CC[C@]12C. The third-order valence-electron chi connectivity index (χ3n) is 8.42. The van der Waals surface area contributed by atoms with Gasteiger partial charge in [0.15, 0.2) is 0 Å². The van der Waals surface area contributed by atoms with Crippen molar-refractivity contribution in [3.05, 3.63) is 29.3 Å². The van der Waals surface area contributed by atoms with Gasteiger partial charge in [0.1, 0.15) is 5.75 Å². The van der Waals surface area contributed by atoms with E-state index in [2.05, 4.69) is 44.0 Å². The van der Waals surface area contributed by atoms with Gasteiger partial charge < -0.3 is 14.4 Å². The second kappa shape index (κ2) is 8.36. The van der Waals surface area contributed by atoms with Gasteiger partial charge in [0, 0.05) is 25.8 Å². The molecule has 0 unspecified atom stereocenters. The van der Waals surface area contributed by atoms with Crippen LogP contribution in [0.25, 0.3) is 0 Å². The predicted octanol–water partition coefficient (Wildman–Crippen LogP) is 5.28. The van der Waals surface area contributed by atoms with Crippen LogP contribution in [0.3, 0.4) is 0 Å². The standard InChI is InChI=1S/C25H39NO2/c1-5-28-16-6-15-26(3)24-12-11-23-22-9-7-18-17-19(27-4)8-10-20(18)21(22)13-14-25(23,24)2/h8,10,17,21-24H,5-7,9,11-16H2,1-4H3/t21-,22-,23+,24+,25+/m1/s1. The Bertz CT molecular complexity index is 675. The fraction of sp³-hybridized carbons (Fsp3) is 0.760. The number of nitrogens with zero attached hydrogens (tertiary/aromatic N) is 1. The Kier molecular flexibility index (Phi) is 6.04. The summed E-state index contributed by atoms with van der Waals surface area (Å²) in [7, 11) is 4.14. The van der Waals surface area contributed by atoms with E-state index in [0.717, 1.165) is 49.2 Å². The number of aryl methyl sites for hydroxylation is 1. The van der Waals surface area contributed by atoms with Crippen molar-refractivity contribution in [2.45, 2.75) is 70.8 Å². The highest BCUT2D eigenvalue weighted by Gasteiger charge is 2.55. The van der Waals surface area contributed by atoms with E-state index < -0.39 is 0 Å². The van der Waals surface area contributed by atoms with E-state index in [4.69, 9.17) is 9.47 Å². The first-order valence-corrected chi connectivity index (χ1v) is 11.5. The molecule has 0 saturated heterocycles. The lowest BCUT2D eigenvalue weighted by atomic mass is 9.55. The number of rotatable bonds is 7. The molecule has 1 aromatic rings. The Balaban J connectivity index is 1.47. The molecule has 5 atom stereocenters. The lowest BCUT2D eigenvalue weighted by Gasteiger charge is -2.52. The minimum Gasteiger partial charge on any atom is -0.497 e. The molecule has 0 N–H and O–H groups in total. The second-order valence-electron chi connectivity index (χ2n) is 9.65. The van der Waals surface area contributed by atoms with Crippen molar-refractivity contribution >= 4 is 0 Å². The Labute approximate surface area is 171 Å². The molecule has 4 rings (SSSR count). The molecule has 3 aliphatic carbocycles. The Morgan fingerprint density at radius 2 is 2.04 bits per heavy atom. The van der Waals surface area contributed by atoms with Crippen molar-refractivity contribution < 1.29 is 9.47 Å². The molecular formula is C25H39NO2. The van der Waals surface area contributed by atoms with Gasteiger partial charge in [0.2, 0.25) is 0 Å². The highest BCUT2D eigenvalue weighted by molar-refractivity contribution is 5.40. The second-order valence-corrected chi connectivity index (χ2v) is 9.65. The van der Waals surface area contributed by atoms with Crippen LogP contribution in [0, 0.1) is 17.3 Å². The first-order chi connectivity index (χ1) is 13.6. The van der Waals surface area contributed by atoms with Gasteiger partial charge in [-0.1, -0.05) is 13.0 Å². The average molecular weight is 386 g/mol. The van der Waals surface area contributed by atoms with Crippen LogP contribution < -0.4 is 4.74 Å². The molecule has 2 fully saturated rings. The van der Waals surface area contributed by atoms with Crippen molar-refractivity contribution in [3.63, 3.8) is 0 Å². The zero-order valence-corrected chi connectivity index (χ0v) is 18.4. The molecule has 156 valence electrons. The van der Waals surface area contributed by atoms with Crippen LogP contribution in [0.15, 0.2) is 18.2 Å². The summed E-state index contributed by atoms with van der Waals surface area (Å²) in [4.78, 5) is 2.67. The molecule has 1 aromatic carbocycles. The lowest BCUT2D eigenvalue weighted by molar-refractivity contribution is 0.00518. The van der Waals surface area contributed by atoms with E-state index in [1.165, 1.54) is 45.1 Å². The molecule has 0 amide bonds. The zero-order valence-electron chi connectivity index (χ0n) is 18.4. The summed E-state index contributed by atoms with van der Waals surface area (Å²) in [5.41, 5.74) is 3.67. The van der Waals surface area contributed by atoms with Gasteiger partial charge in [-0.2, -0.15) is 0 Å². The van der Waals surface area contributed by atoms with Crippen LogP contribution >= 0.6 is 0 Å². The first-order valence-electron chi connectivity index (χ1n) is 11.5. The largest absolute Gasteiger partial charge is 0.497 e. The first kappa shape index (κ1) is 20.2. The fourth-order valence-electron chi connectivity index (χ4n) is 7.10. The van der Waals surface area contributed by atoms with Crippen molar-refractivity contribution in [3.8, 4) is 5.75 Å². The number of ether oxygens (including phenoxy) is 2. The van der Waals surface area contributed by atoms with E-state index in [-0.39, 0.29) is 0 Å². The number of hydrogen-bond donors (Lipinski definition) is 0. The summed E-state index contributed by atoms with van der Waals surface area (Å²) in [6.07, 6.45) is 9.30. The third-order valence-corrected chi connectivity index (χ3v) is 8.42. The van der Waals surface area contributed by atoms with Gasteiger partial charge >= 0.3 is 0 Å². The minimum atomic E-state index is 0.492. The molecule has 3 nitrogen and oxygen atoms in total. The number of benzene rings is 1. The van der Waals surface area contributed by atoms with Crippen LogP contribution in [0.2, 0.25) is 0 Å². The normalized spacial score (nSPS) is 34.0. The monoisotopic (exact) mass is 385 g/mol. The highest BCUT2D eigenvalue weighted by atomic mass is 16.5. The summed E-state index contributed by atoms with van der Waals surface area (Å²) < 4.78 is 11.0. The molecule has 2 saturated carbocycles. The molecule has 0 aliphatic heterocycles. The van der Waals surface area contributed by atoms with Crippen molar-refractivity contribution in [1.82, 2.24) is 4.90 Å². The fourth-order valence-corrected chi connectivity index (χ4v) is 7.10. The maximum Gasteiger partial charge on any atom is 0.119 e. The summed E-state index contributed by atoms with van der Waals surface area (Å²) in [5.74, 6) is 3.56. The molecule has 3 heteroatoms. The van der Waals surface area contributed by atoms with Crippen molar-refractivity contribution in [2.75, 3.05) is 33.9 Å². The van der Waals surface area contributed by atoms with E-state index >= 15 is 0 Å². The van der Waals surface area contributed by atoms with Crippen molar-refractivity contribution in [2.24, 2.45) is 17.3 Å². The van der Waals surface area contributed by atoms with Gasteiger partial charge in [-0.25, -0.2) is 0 Å². The molecule has 0 spiro atoms. The minimum absolute atomic E-state index is 0.492. The van der Waals surface area contributed by atoms with E-state index in [9.17, 15) is 0 Å². The summed E-state index contributed by atoms with van der Waals surface area (Å²) in [6.45, 7) is 7.61. The topological polar surface area (TPSA) is 21.7 Å². The summed E-state index contributed by atoms with van der Waals surface area (Å²) in [6, 6.07) is 7.60. The summed E-state index contributed by atoms with van der Waals surface area (Å²) >= 11 is 0. The van der Waals surface area contributed by atoms with Gasteiger partial charge in [-0.05, 0) is 105 Å². The Hall–Kier alpha value is -1.06. The molecule has 0 heterocycles. The highest BCUT2D eigenvalue weighted by Crippen LogP contribution is 2.61. The van der Waals surface area contributed by atoms with E-state index in [0.29, 0.717) is 5.41 Å². The Morgan fingerprint density at radius 1 is 1.18 bits per heavy atom. The van der Waals surface area contributed by atoms with E-state index in [1.807, 2.05) is 0 Å². The molecule has 0 bridgehead atoms. The molecule has 0 aromatic heterocycles. The summed E-state index contributed by atoms with van der Waals surface area (Å²) in [5, 5.41) is 0. The molecule has 3 aliphatic rings. The number of methoxy groups -OCH3 is 1. The van der Waals surface area contributed by atoms with Gasteiger partial charge in [0.25, 0.3) is 0 Å². The van der Waals surface area contributed by atoms with Gasteiger partial charge in [-0.15, -0.1) is 0 Å². The maximum absolute atomic E-state index is 5.56. The predicted molar refractivity (Wildman–Crippen MR) is 115 cm³/mol. The van der Waals surface area contributed by atoms with Crippen LogP contribution in [-0.4, -0.2) is 44.9 Å². The van der Waals surface area contributed by atoms with Crippen molar-refractivity contribution in [1.29, 1.82) is 0 Å². The number of fused-ring (bicyclic) bond motifs is 5. The smallest absolute Gasteiger partial charge is 0.119 e. The van der Waals surface area contributed by atoms with Crippen LogP contribution in [0.5, 0.6) is 5.75 Å². The van der Waals surface area contributed by atoms with Gasteiger partial charge in [-0.3, -0.25) is 0 Å². The zero-order chi connectivity index (χ0) is 19.7. The molecule has 28 heavy (non-hydrogen) atoms. The quantitative estimate of drug-likeness (QED) is 0.596.